The maximum Gasteiger partial charge on any atom is 0.325 e. The summed E-state index contributed by atoms with van der Waals surface area (Å²) in [7, 11) is 2.77. The molecule has 0 radical (unpaired) electrons. The normalized spacial score (nSPS) is 9.95. The number of rotatable bonds is 7. The minimum absolute atomic E-state index is 0.0433. The Bertz CT molecular complexity index is 490. The number of ether oxygens (including phenoxy) is 2. The van der Waals surface area contributed by atoms with Crippen molar-refractivity contribution in [2.75, 3.05) is 32.2 Å². The van der Waals surface area contributed by atoms with Crippen LogP contribution in [0.3, 0.4) is 0 Å². The molecule has 0 fully saturated rings. The molecule has 0 saturated heterocycles. The van der Waals surface area contributed by atoms with E-state index in [-0.39, 0.29) is 12.2 Å². The van der Waals surface area contributed by atoms with E-state index in [0.29, 0.717) is 18.0 Å². The summed E-state index contributed by atoms with van der Waals surface area (Å²) in [4.78, 5) is 23.7. The molecule has 1 aromatic rings. The van der Waals surface area contributed by atoms with E-state index in [1.165, 1.54) is 26.4 Å². The molecule has 0 saturated carbocycles. The van der Waals surface area contributed by atoms with Crippen molar-refractivity contribution in [3.63, 3.8) is 0 Å². The molecule has 0 atom stereocenters. The molecule has 20 heavy (non-hydrogen) atoms. The Morgan fingerprint density at radius 1 is 1.40 bits per heavy atom. The third-order valence-corrected chi connectivity index (χ3v) is 2.76. The molecule has 1 rings (SSSR count). The van der Waals surface area contributed by atoms with Crippen molar-refractivity contribution < 1.29 is 19.2 Å². The predicted molar refractivity (Wildman–Crippen MR) is 74.2 cm³/mol. The summed E-state index contributed by atoms with van der Waals surface area (Å²) in [6.07, 6.45) is 0.741. The van der Waals surface area contributed by atoms with Gasteiger partial charge in [-0.25, -0.2) is 0 Å². The van der Waals surface area contributed by atoms with E-state index < -0.39 is 10.9 Å². The summed E-state index contributed by atoms with van der Waals surface area (Å²) >= 11 is 0. The molecule has 0 aliphatic rings. The highest BCUT2D eigenvalue weighted by Crippen LogP contribution is 2.32. The number of carbonyl (C=O) groups is 1. The van der Waals surface area contributed by atoms with Crippen LogP contribution in [0, 0.1) is 10.1 Å². The van der Waals surface area contributed by atoms with Crippen LogP contribution in [0.1, 0.15) is 13.3 Å². The number of nitrogens with zero attached hydrogens (tertiary/aromatic N) is 2. The first-order valence-electron chi connectivity index (χ1n) is 6.17. The zero-order chi connectivity index (χ0) is 15.1. The molecule has 0 aliphatic heterocycles. The van der Waals surface area contributed by atoms with Crippen LogP contribution in [0.15, 0.2) is 18.2 Å². The van der Waals surface area contributed by atoms with E-state index in [9.17, 15) is 14.9 Å². The number of anilines is 1. The van der Waals surface area contributed by atoms with Gasteiger partial charge in [0.25, 0.3) is 5.69 Å². The van der Waals surface area contributed by atoms with Crippen molar-refractivity contribution >= 4 is 17.3 Å². The second kappa shape index (κ2) is 7.32. The molecule has 0 bridgehead atoms. The fourth-order valence-corrected chi connectivity index (χ4v) is 1.81. The highest BCUT2D eigenvalue weighted by Gasteiger charge is 2.22. The molecule has 0 aliphatic carbocycles. The largest absolute Gasteiger partial charge is 0.497 e. The lowest BCUT2D eigenvalue weighted by molar-refractivity contribution is -0.384. The molecule has 0 spiro atoms. The number of nitro benzene ring substituents is 1. The van der Waals surface area contributed by atoms with Crippen LogP contribution >= 0.6 is 0 Å². The standard InChI is InChI=1S/C13H18N2O5/c1-4-7-14(9-13(16)20-3)12-8-10(19-2)5-6-11(12)15(17)18/h5-6,8H,4,7,9H2,1-3H3. The van der Waals surface area contributed by atoms with Gasteiger partial charge in [0.05, 0.1) is 19.1 Å². The van der Waals surface area contributed by atoms with Gasteiger partial charge in [0.15, 0.2) is 0 Å². The Kier molecular flexibility index (Phi) is 5.76. The minimum atomic E-state index is -0.477. The summed E-state index contributed by atoms with van der Waals surface area (Å²) in [6.45, 7) is 2.39. The smallest absolute Gasteiger partial charge is 0.325 e. The van der Waals surface area contributed by atoms with E-state index >= 15 is 0 Å². The van der Waals surface area contributed by atoms with Crippen LogP contribution in [0.5, 0.6) is 5.75 Å². The topological polar surface area (TPSA) is 81.9 Å². The molecule has 110 valence electrons. The van der Waals surface area contributed by atoms with E-state index in [4.69, 9.17) is 4.74 Å². The quantitative estimate of drug-likeness (QED) is 0.432. The maximum absolute atomic E-state index is 11.4. The lowest BCUT2D eigenvalue weighted by atomic mass is 10.2. The third-order valence-electron chi connectivity index (χ3n) is 2.76. The Labute approximate surface area is 117 Å². The Morgan fingerprint density at radius 2 is 2.10 bits per heavy atom. The van der Waals surface area contributed by atoms with Gasteiger partial charge in [-0.05, 0) is 12.5 Å². The summed E-state index contributed by atoms with van der Waals surface area (Å²) in [6, 6.07) is 4.44. The van der Waals surface area contributed by atoms with Gasteiger partial charge in [0, 0.05) is 18.7 Å². The average Bonchev–Trinajstić information content (AvgIpc) is 2.45. The van der Waals surface area contributed by atoms with Crippen LogP contribution in [0.2, 0.25) is 0 Å². The summed E-state index contributed by atoms with van der Waals surface area (Å²) < 4.78 is 9.71. The maximum atomic E-state index is 11.4. The number of nitro groups is 1. The fourth-order valence-electron chi connectivity index (χ4n) is 1.81. The van der Waals surface area contributed by atoms with Crippen LogP contribution in [-0.2, 0) is 9.53 Å². The Hall–Kier alpha value is -2.31. The van der Waals surface area contributed by atoms with Gasteiger partial charge < -0.3 is 14.4 Å². The summed E-state index contributed by atoms with van der Waals surface area (Å²) in [5.74, 6) is 0.0483. The molecular weight excluding hydrogens is 264 g/mol. The van der Waals surface area contributed by atoms with Crippen LogP contribution in [0.4, 0.5) is 11.4 Å². The minimum Gasteiger partial charge on any atom is -0.497 e. The Balaban J connectivity index is 3.21. The number of hydrogen-bond acceptors (Lipinski definition) is 6. The highest BCUT2D eigenvalue weighted by atomic mass is 16.6. The zero-order valence-electron chi connectivity index (χ0n) is 11.8. The summed E-state index contributed by atoms with van der Waals surface area (Å²) in [5.41, 5.74) is 0.282. The van der Waals surface area contributed by atoms with E-state index in [0.717, 1.165) is 6.42 Å². The van der Waals surface area contributed by atoms with Crippen molar-refractivity contribution in [2.24, 2.45) is 0 Å². The first-order chi connectivity index (χ1) is 9.53. The molecule has 0 N–H and O–H groups in total. The molecule has 7 heteroatoms. The number of carbonyl (C=O) groups excluding carboxylic acids is 1. The van der Waals surface area contributed by atoms with Crippen LogP contribution < -0.4 is 9.64 Å². The number of benzene rings is 1. The van der Waals surface area contributed by atoms with Gasteiger partial charge in [-0.1, -0.05) is 6.92 Å². The van der Waals surface area contributed by atoms with Crippen molar-refractivity contribution in [2.45, 2.75) is 13.3 Å². The summed E-state index contributed by atoms with van der Waals surface area (Å²) in [5, 5.41) is 11.1. The number of esters is 1. The molecule has 7 nitrogen and oxygen atoms in total. The van der Waals surface area contributed by atoms with Gasteiger partial charge >= 0.3 is 5.97 Å². The lowest BCUT2D eigenvalue weighted by Gasteiger charge is -2.23. The Morgan fingerprint density at radius 3 is 2.60 bits per heavy atom. The van der Waals surface area contributed by atoms with Gasteiger partial charge in [0.1, 0.15) is 18.0 Å². The zero-order valence-corrected chi connectivity index (χ0v) is 11.8. The number of methoxy groups -OCH3 is 2. The molecule has 1 aromatic carbocycles. The van der Waals surface area contributed by atoms with E-state index in [1.807, 2.05) is 6.92 Å². The van der Waals surface area contributed by atoms with E-state index in [1.54, 1.807) is 11.0 Å². The van der Waals surface area contributed by atoms with Gasteiger partial charge in [-0.2, -0.15) is 0 Å². The van der Waals surface area contributed by atoms with E-state index in [2.05, 4.69) is 4.74 Å². The average molecular weight is 282 g/mol. The fraction of sp³-hybridized carbons (Fsp3) is 0.462. The highest BCUT2D eigenvalue weighted by molar-refractivity contribution is 5.78. The predicted octanol–water partition coefficient (Wildman–Crippen LogP) is 1.99. The number of hydrogen-bond donors (Lipinski definition) is 0. The van der Waals surface area contributed by atoms with Gasteiger partial charge in [-0.3, -0.25) is 14.9 Å². The molecule has 0 amide bonds. The first-order valence-corrected chi connectivity index (χ1v) is 6.17. The molecule has 0 heterocycles. The second-order valence-corrected chi connectivity index (χ2v) is 4.11. The van der Waals surface area contributed by atoms with Crippen LogP contribution in [0.25, 0.3) is 0 Å². The van der Waals surface area contributed by atoms with Gasteiger partial charge in [-0.15, -0.1) is 0 Å². The molecular formula is C13H18N2O5. The SMILES string of the molecule is CCCN(CC(=O)OC)c1cc(OC)ccc1[N+](=O)[O-]. The van der Waals surface area contributed by atoms with Crippen molar-refractivity contribution in [3.8, 4) is 5.75 Å². The molecule has 0 unspecified atom stereocenters. The van der Waals surface area contributed by atoms with Gasteiger partial charge in [0.2, 0.25) is 0 Å². The lowest BCUT2D eigenvalue weighted by Crippen LogP contribution is -2.31. The molecule has 0 aromatic heterocycles. The van der Waals surface area contributed by atoms with Crippen molar-refractivity contribution in [1.82, 2.24) is 0 Å². The second-order valence-electron chi connectivity index (χ2n) is 4.11. The monoisotopic (exact) mass is 282 g/mol. The first kappa shape index (κ1) is 15.7. The van der Waals surface area contributed by atoms with Crippen LogP contribution in [-0.4, -0.2) is 38.2 Å². The van der Waals surface area contributed by atoms with Crippen molar-refractivity contribution in [3.05, 3.63) is 28.3 Å². The van der Waals surface area contributed by atoms with Crippen molar-refractivity contribution in [1.29, 1.82) is 0 Å². The third kappa shape index (κ3) is 3.84.